The molecule has 2 aromatic carbocycles. The molecule has 1 aliphatic heterocycles. The minimum atomic E-state index is -0.727. The molecule has 0 saturated heterocycles. The van der Waals surface area contributed by atoms with E-state index in [2.05, 4.69) is 10.1 Å². The maximum atomic E-state index is 13.1. The molecule has 0 bridgehead atoms. The first-order chi connectivity index (χ1) is 12.4. The van der Waals surface area contributed by atoms with Crippen molar-refractivity contribution in [1.82, 2.24) is 0 Å². The summed E-state index contributed by atoms with van der Waals surface area (Å²) in [6.45, 7) is 0. The molecule has 132 valence electrons. The first kappa shape index (κ1) is 17.6. The van der Waals surface area contributed by atoms with Crippen LogP contribution in [-0.2, 0) is 14.3 Å². The van der Waals surface area contributed by atoms with Gasteiger partial charge in [0.15, 0.2) is 0 Å². The molecule has 2 aromatic rings. The monoisotopic (exact) mass is 374 g/mol. The molecule has 1 N–H and O–H groups in total. The van der Waals surface area contributed by atoms with Crippen molar-refractivity contribution >= 4 is 40.8 Å². The Morgan fingerprint density at radius 2 is 1.81 bits per heavy atom. The number of imide groups is 1. The van der Waals surface area contributed by atoms with Crippen LogP contribution in [0.1, 0.15) is 10.4 Å². The lowest BCUT2D eigenvalue weighted by Gasteiger charge is -2.15. The maximum Gasteiger partial charge on any atom is 0.337 e. The van der Waals surface area contributed by atoms with Gasteiger partial charge in [-0.3, -0.25) is 9.59 Å². The smallest absolute Gasteiger partial charge is 0.337 e. The quantitative estimate of drug-likeness (QED) is 0.657. The third kappa shape index (κ3) is 3.16. The Morgan fingerprint density at radius 3 is 2.46 bits per heavy atom. The summed E-state index contributed by atoms with van der Waals surface area (Å²) in [5, 5.41) is 2.45. The van der Waals surface area contributed by atoms with Crippen LogP contribution in [0.4, 0.5) is 15.8 Å². The highest BCUT2D eigenvalue weighted by Crippen LogP contribution is 2.30. The summed E-state index contributed by atoms with van der Waals surface area (Å²) in [5.41, 5.74) is 0.701. The lowest BCUT2D eigenvalue weighted by atomic mass is 10.2. The van der Waals surface area contributed by atoms with E-state index in [4.69, 9.17) is 11.6 Å². The van der Waals surface area contributed by atoms with Crippen molar-refractivity contribution in [3.8, 4) is 0 Å². The lowest BCUT2D eigenvalue weighted by Crippen LogP contribution is -2.32. The number of ether oxygens (including phenoxy) is 1. The highest BCUT2D eigenvalue weighted by atomic mass is 35.5. The number of amides is 2. The number of anilines is 2. The summed E-state index contributed by atoms with van der Waals surface area (Å²) < 4.78 is 17.7. The molecule has 1 aliphatic rings. The maximum absolute atomic E-state index is 13.1. The van der Waals surface area contributed by atoms with Crippen molar-refractivity contribution in [2.24, 2.45) is 0 Å². The molecule has 8 heteroatoms. The Labute approximate surface area is 152 Å². The largest absolute Gasteiger partial charge is 0.465 e. The fraction of sp³-hybridized carbons (Fsp3) is 0.0556. The summed E-state index contributed by atoms with van der Waals surface area (Å²) in [6.07, 6.45) is 0. The van der Waals surface area contributed by atoms with E-state index in [1.807, 2.05) is 0 Å². The van der Waals surface area contributed by atoms with Gasteiger partial charge >= 0.3 is 5.97 Å². The van der Waals surface area contributed by atoms with Gasteiger partial charge in [-0.1, -0.05) is 17.7 Å². The van der Waals surface area contributed by atoms with Crippen LogP contribution in [0.2, 0.25) is 0 Å². The molecule has 0 unspecified atom stereocenters. The van der Waals surface area contributed by atoms with Crippen molar-refractivity contribution in [2.45, 2.75) is 0 Å². The molecule has 0 spiro atoms. The Hall–Kier alpha value is -3.19. The second kappa shape index (κ2) is 6.97. The van der Waals surface area contributed by atoms with Gasteiger partial charge in [0.25, 0.3) is 11.8 Å². The van der Waals surface area contributed by atoms with E-state index in [0.717, 1.165) is 17.0 Å². The standard InChI is InChI=1S/C18H12ClFN2O4/c1-26-18(25)10-3-2-4-12(9-10)21-15-14(19)16(23)22(17(15)24)13-7-5-11(20)6-8-13/h2-9,21H,1H3. The number of nitrogens with one attached hydrogen (secondary N) is 1. The van der Waals surface area contributed by atoms with Gasteiger partial charge in [0.1, 0.15) is 16.5 Å². The Bertz CT molecular complexity index is 940. The highest BCUT2D eigenvalue weighted by molar-refractivity contribution is 6.53. The van der Waals surface area contributed by atoms with Crippen molar-refractivity contribution in [1.29, 1.82) is 0 Å². The Balaban J connectivity index is 1.89. The van der Waals surface area contributed by atoms with Crippen molar-refractivity contribution in [2.75, 3.05) is 17.3 Å². The van der Waals surface area contributed by atoms with Crippen LogP contribution >= 0.6 is 11.6 Å². The van der Waals surface area contributed by atoms with E-state index in [9.17, 15) is 18.8 Å². The average molecular weight is 375 g/mol. The van der Waals surface area contributed by atoms with Gasteiger partial charge in [0.05, 0.1) is 18.4 Å². The molecule has 0 aliphatic carbocycles. The number of esters is 1. The molecular weight excluding hydrogens is 363 g/mol. The Morgan fingerprint density at radius 1 is 1.12 bits per heavy atom. The molecule has 0 radical (unpaired) electrons. The Kier molecular flexibility index (Phi) is 4.73. The van der Waals surface area contributed by atoms with Crippen LogP contribution < -0.4 is 10.2 Å². The predicted octanol–water partition coefficient (Wildman–Crippen LogP) is 3.05. The van der Waals surface area contributed by atoms with Gasteiger partial charge in [0.2, 0.25) is 0 Å². The zero-order valence-electron chi connectivity index (χ0n) is 13.5. The normalized spacial score (nSPS) is 14.0. The number of nitrogens with zero attached hydrogens (tertiary/aromatic N) is 1. The predicted molar refractivity (Wildman–Crippen MR) is 93.2 cm³/mol. The molecule has 6 nitrogen and oxygen atoms in total. The van der Waals surface area contributed by atoms with Crippen molar-refractivity contribution < 1.29 is 23.5 Å². The van der Waals surface area contributed by atoms with E-state index in [1.54, 1.807) is 18.2 Å². The summed E-state index contributed by atoms with van der Waals surface area (Å²) in [7, 11) is 1.25. The van der Waals surface area contributed by atoms with E-state index < -0.39 is 23.6 Å². The lowest BCUT2D eigenvalue weighted by molar-refractivity contribution is -0.120. The summed E-state index contributed by atoms with van der Waals surface area (Å²) in [4.78, 5) is 37.4. The second-order valence-electron chi connectivity index (χ2n) is 5.31. The van der Waals surface area contributed by atoms with Crippen LogP contribution in [0.15, 0.2) is 59.3 Å². The van der Waals surface area contributed by atoms with Gasteiger partial charge < -0.3 is 10.1 Å². The minimum Gasteiger partial charge on any atom is -0.465 e. The molecule has 0 atom stereocenters. The fourth-order valence-corrected chi connectivity index (χ4v) is 2.63. The number of methoxy groups -OCH3 is 1. The number of carbonyl (C=O) groups is 3. The molecule has 3 rings (SSSR count). The number of benzene rings is 2. The van der Waals surface area contributed by atoms with Crippen LogP contribution in [-0.4, -0.2) is 24.9 Å². The molecule has 0 saturated carbocycles. The first-order valence-electron chi connectivity index (χ1n) is 7.42. The number of hydrogen-bond acceptors (Lipinski definition) is 5. The molecular formula is C18H12ClFN2O4. The van der Waals surface area contributed by atoms with Crippen LogP contribution in [0.3, 0.4) is 0 Å². The number of hydrogen-bond donors (Lipinski definition) is 1. The van der Waals surface area contributed by atoms with E-state index in [-0.39, 0.29) is 22.0 Å². The molecule has 0 aromatic heterocycles. The molecule has 2 amide bonds. The van der Waals surface area contributed by atoms with Gasteiger partial charge in [-0.2, -0.15) is 0 Å². The zero-order chi connectivity index (χ0) is 18.8. The van der Waals surface area contributed by atoms with E-state index >= 15 is 0 Å². The topological polar surface area (TPSA) is 75.7 Å². The van der Waals surface area contributed by atoms with Crippen molar-refractivity contribution in [3.05, 3.63) is 70.6 Å². The number of rotatable bonds is 4. The van der Waals surface area contributed by atoms with Gasteiger partial charge in [-0.05, 0) is 42.5 Å². The third-order valence-electron chi connectivity index (χ3n) is 3.67. The summed E-state index contributed by atoms with van der Waals surface area (Å²) in [5.74, 6) is -2.45. The third-order valence-corrected chi connectivity index (χ3v) is 4.02. The van der Waals surface area contributed by atoms with Crippen molar-refractivity contribution in [3.63, 3.8) is 0 Å². The van der Waals surface area contributed by atoms with Gasteiger partial charge in [-0.15, -0.1) is 0 Å². The van der Waals surface area contributed by atoms with Gasteiger partial charge in [0, 0.05) is 5.69 Å². The number of carbonyl (C=O) groups excluding carboxylic acids is 3. The molecule has 1 heterocycles. The SMILES string of the molecule is COC(=O)c1cccc(NC2=C(Cl)C(=O)N(c3ccc(F)cc3)C2=O)c1. The van der Waals surface area contributed by atoms with E-state index in [1.165, 1.54) is 25.3 Å². The van der Waals surface area contributed by atoms with E-state index in [0.29, 0.717) is 5.69 Å². The molecule has 0 fully saturated rings. The average Bonchev–Trinajstić information content (AvgIpc) is 2.86. The second-order valence-corrected chi connectivity index (χ2v) is 5.69. The summed E-state index contributed by atoms with van der Waals surface area (Å²) in [6, 6.07) is 11.1. The fourth-order valence-electron chi connectivity index (χ4n) is 2.42. The first-order valence-corrected chi connectivity index (χ1v) is 7.79. The van der Waals surface area contributed by atoms with Crippen LogP contribution in [0.5, 0.6) is 0 Å². The molecule has 26 heavy (non-hydrogen) atoms. The van der Waals surface area contributed by atoms with Crippen LogP contribution in [0.25, 0.3) is 0 Å². The zero-order valence-corrected chi connectivity index (χ0v) is 14.2. The van der Waals surface area contributed by atoms with Gasteiger partial charge in [-0.25, -0.2) is 14.1 Å². The summed E-state index contributed by atoms with van der Waals surface area (Å²) >= 11 is 6.02. The van der Waals surface area contributed by atoms with Crippen LogP contribution in [0, 0.1) is 5.82 Å². The number of halogens is 2. The highest BCUT2D eigenvalue weighted by Gasteiger charge is 2.39. The minimum absolute atomic E-state index is 0.136.